The number of carbonyl (C=O) groups is 2. The van der Waals surface area contributed by atoms with Crippen molar-refractivity contribution in [3.8, 4) is 0 Å². The minimum atomic E-state index is -0.351. The lowest BCUT2D eigenvalue weighted by atomic mass is 9.96. The summed E-state index contributed by atoms with van der Waals surface area (Å²) in [5, 5.41) is 2.21. The number of aryl methyl sites for hydroxylation is 2. The number of Topliss-reactive ketones (excluding diaryl/α,β-unsaturated/α-hetero) is 2. The molecule has 0 bridgehead atoms. The van der Waals surface area contributed by atoms with Crippen LogP contribution >= 0.6 is 46.4 Å². The van der Waals surface area contributed by atoms with E-state index in [4.69, 9.17) is 70.1 Å². The molecule has 0 spiro atoms. The third kappa shape index (κ3) is 72.2. The lowest BCUT2D eigenvalue weighted by molar-refractivity contribution is -0.123. The van der Waals surface area contributed by atoms with E-state index in [9.17, 15) is 22.8 Å². The van der Waals surface area contributed by atoms with Crippen LogP contribution in [0.3, 0.4) is 0 Å². The second kappa shape index (κ2) is 73.1. The van der Waals surface area contributed by atoms with E-state index in [2.05, 4.69) is 133 Å². The van der Waals surface area contributed by atoms with Gasteiger partial charge in [0.25, 0.3) is 0 Å². The van der Waals surface area contributed by atoms with Gasteiger partial charge in [-0.2, -0.15) is 0 Å². The van der Waals surface area contributed by atoms with Crippen LogP contribution in [0.4, 0.5) is 13.2 Å². The number of halogens is 7. The smallest absolute Gasteiger partial charge is 0.141 e. The highest BCUT2D eigenvalue weighted by Crippen LogP contribution is 2.23. The van der Waals surface area contributed by atoms with Crippen LogP contribution in [0.2, 0.25) is 20.1 Å². The van der Waals surface area contributed by atoms with Crippen molar-refractivity contribution < 1.29 is 46.4 Å². The quantitative estimate of drug-likeness (QED) is 0.0401. The number of allylic oxidation sites excluding steroid dienone is 1. The van der Waals surface area contributed by atoms with Crippen LogP contribution in [0.15, 0.2) is 183 Å². The first-order valence-corrected chi connectivity index (χ1v) is 43.6. The second-order valence-corrected chi connectivity index (χ2v) is 33.7. The summed E-state index contributed by atoms with van der Waals surface area (Å²) < 4.78 is 64.4. The summed E-state index contributed by atoms with van der Waals surface area (Å²) in [4.78, 5) is 22.5. The van der Waals surface area contributed by atoms with Crippen molar-refractivity contribution in [2.45, 2.75) is 301 Å². The van der Waals surface area contributed by atoms with E-state index in [0.717, 1.165) is 87.7 Å². The molecule has 14 heteroatoms. The first-order chi connectivity index (χ1) is 54.5. The van der Waals surface area contributed by atoms with Crippen LogP contribution in [0.1, 0.15) is 282 Å². The first kappa shape index (κ1) is 116. The van der Waals surface area contributed by atoms with Crippen molar-refractivity contribution >= 4 is 64.0 Å². The van der Waals surface area contributed by atoms with E-state index >= 15 is 0 Å². The molecule has 654 valence electrons. The van der Waals surface area contributed by atoms with Gasteiger partial charge in [-0.1, -0.05) is 310 Å². The van der Waals surface area contributed by atoms with Gasteiger partial charge in [-0.05, 0) is 231 Å². The molecule has 0 amide bonds. The average Bonchev–Trinajstić information content (AvgIpc) is 0.895. The Kier molecular flexibility index (Phi) is 73.3. The third-order valence-electron chi connectivity index (χ3n) is 16.6. The van der Waals surface area contributed by atoms with E-state index in [0.29, 0.717) is 84.8 Å². The first-order valence-electron chi connectivity index (χ1n) is 42.1. The van der Waals surface area contributed by atoms with Crippen LogP contribution in [-0.4, -0.2) is 61.9 Å². The lowest BCUT2D eigenvalue weighted by Gasteiger charge is -2.14. The third-order valence-corrected chi connectivity index (χ3v) is 17.7. The minimum absolute atomic E-state index is 0.140. The van der Waals surface area contributed by atoms with Crippen molar-refractivity contribution in [3.63, 3.8) is 0 Å². The number of carbonyl (C=O) groups excluding carboxylic acids is 2. The van der Waals surface area contributed by atoms with Gasteiger partial charge in [-0.3, -0.25) is 9.59 Å². The molecule has 0 aliphatic carbocycles. The van der Waals surface area contributed by atoms with Gasteiger partial charge >= 0.3 is 0 Å². The van der Waals surface area contributed by atoms with E-state index in [-0.39, 0.29) is 46.5 Å². The molecule has 7 aromatic carbocycles. The standard InChI is InChI=1S/C12H16O.C11H13F.C11H16.2C10H13ClO.2C9H10ClF.C9H18O.C9H20O.C6H14O.C6H12O/c1-9(2)12(13)8-11-6-4-10(3)5-7-11;1-9(2)3-4-10-5-7-11(12)8-6-10;1-10(2)8-9-11-6-4-3-5-7-11;1-8(2)12-7-9-4-3-5-10(11)6-9;1-8(2)12-7-9-5-3-4-6-10(9)11;1-6(2)7-3-8(10)5-9(11)4-7;1-6(2)7-3-4-9(11)8(10)5-7;1-5-8(4)6-9(10)7(2)3;1-5-9(6-2)7-10-8(3)4;2*1-4-5-7-6(2)3/h4-7,9H,8H2,1-3H3;3-9H,1-2H3;3-7,10H,8-9H2,1-2H3;2*3-6,8H,7H2,1-2H3;2*3-6H,1-2H3;7-8H,5-6H2,1-4H3;8-9H,5-7H2,1-4H3;6H,4-5H2,1-3H3;4,6H,1,5H2,2-3H3/b;4-3+;;;;;;;;;. The fourth-order valence-corrected chi connectivity index (χ4v) is 9.64. The fraction of sp³-hybridized carbons (Fsp3) is 0.529. The van der Waals surface area contributed by atoms with Crippen LogP contribution < -0.4 is 0 Å². The van der Waals surface area contributed by atoms with Gasteiger partial charge in [0.2, 0.25) is 0 Å². The monoisotopic (exact) mass is 1690 g/mol. The second-order valence-electron chi connectivity index (χ2n) is 32.0. The van der Waals surface area contributed by atoms with Crippen LogP contribution in [0.25, 0.3) is 6.08 Å². The van der Waals surface area contributed by atoms with E-state index < -0.39 is 0 Å². The number of hydrogen-bond donors (Lipinski definition) is 0. The SMILES string of the molecule is C=CCOC(C)C.CC(C)/C=C/c1ccc(F)cc1.CC(C)CCc1ccccc1.CC(C)OCc1cccc(Cl)c1.CC(C)OCc1ccccc1Cl.CC(C)c1cc(F)cc(Cl)c1.CC(C)c1ccc(F)c(Cl)c1.CCC(C)CC(=O)C(C)C.CCC(CC)COC(C)C.CCCOC(C)C.Cc1ccc(CC(=O)C(C)C)cc1. The molecule has 7 rings (SSSR count). The maximum Gasteiger partial charge on any atom is 0.141 e. The van der Waals surface area contributed by atoms with Gasteiger partial charge in [0, 0.05) is 53.0 Å². The Labute approximate surface area is 726 Å². The Hall–Kier alpha value is -5.89. The predicted octanol–water partition coefficient (Wildman–Crippen LogP) is 32.2. The molecular formula is C102H155Cl4F3O7. The molecule has 0 heterocycles. The molecule has 0 fully saturated rings. The van der Waals surface area contributed by atoms with Crippen molar-refractivity contribution in [3.05, 3.63) is 265 Å². The van der Waals surface area contributed by atoms with E-state index in [1.807, 2.05) is 183 Å². The lowest BCUT2D eigenvalue weighted by Crippen LogP contribution is -2.12. The van der Waals surface area contributed by atoms with Crippen molar-refractivity contribution in [1.29, 1.82) is 0 Å². The van der Waals surface area contributed by atoms with Gasteiger partial charge in [0.05, 0.1) is 55.4 Å². The van der Waals surface area contributed by atoms with Crippen molar-refractivity contribution in [1.82, 2.24) is 0 Å². The molecule has 0 saturated heterocycles. The molecule has 0 radical (unpaired) electrons. The zero-order valence-corrected chi connectivity index (χ0v) is 79.8. The van der Waals surface area contributed by atoms with E-state index in [1.165, 1.54) is 67.1 Å². The van der Waals surface area contributed by atoms with Gasteiger partial charge in [0.15, 0.2) is 0 Å². The maximum atomic E-state index is 12.7. The van der Waals surface area contributed by atoms with Gasteiger partial charge in [-0.25, -0.2) is 13.2 Å². The summed E-state index contributed by atoms with van der Waals surface area (Å²) in [5.74, 6) is 3.67. The average molecular weight is 1690 g/mol. The highest BCUT2D eigenvalue weighted by atomic mass is 35.5. The molecule has 0 aromatic heterocycles. The Balaban J connectivity index is -0.000000597. The summed E-state index contributed by atoms with van der Waals surface area (Å²) in [5.41, 5.74) is 9.03. The molecule has 0 saturated carbocycles. The van der Waals surface area contributed by atoms with Crippen molar-refractivity contribution in [2.75, 3.05) is 19.8 Å². The number of benzene rings is 7. The molecule has 7 aromatic rings. The highest BCUT2D eigenvalue weighted by Gasteiger charge is 2.12. The molecule has 116 heavy (non-hydrogen) atoms. The minimum Gasteiger partial charge on any atom is -0.379 e. The van der Waals surface area contributed by atoms with Gasteiger partial charge in [-0.15, -0.1) is 6.58 Å². The zero-order chi connectivity index (χ0) is 89.3. The molecule has 7 nitrogen and oxygen atoms in total. The summed E-state index contributed by atoms with van der Waals surface area (Å²) in [6.45, 7) is 65.1. The maximum absolute atomic E-state index is 12.7. The Bertz CT molecular complexity index is 3510. The normalized spacial score (nSPS) is 10.9. The van der Waals surface area contributed by atoms with Crippen LogP contribution in [0, 0.1) is 59.9 Å². The fourth-order valence-electron chi connectivity index (χ4n) is 8.82. The number of ether oxygens (including phenoxy) is 5. The number of ketones is 2. The summed E-state index contributed by atoms with van der Waals surface area (Å²) >= 11 is 23.0. The van der Waals surface area contributed by atoms with Gasteiger partial charge < -0.3 is 23.7 Å². The van der Waals surface area contributed by atoms with Crippen molar-refractivity contribution in [2.24, 2.45) is 35.5 Å². The largest absolute Gasteiger partial charge is 0.379 e. The van der Waals surface area contributed by atoms with Crippen LogP contribution in [0.5, 0.6) is 0 Å². The Morgan fingerprint density at radius 1 is 0.457 bits per heavy atom. The molecule has 0 N–H and O–H groups in total. The van der Waals surface area contributed by atoms with Crippen LogP contribution in [-0.2, 0) is 59.3 Å². The van der Waals surface area contributed by atoms with E-state index in [1.54, 1.807) is 36.4 Å². The zero-order valence-electron chi connectivity index (χ0n) is 76.7. The summed E-state index contributed by atoms with van der Waals surface area (Å²) in [6.07, 6.45) is 16.0. The molecular weight excluding hydrogens is 1540 g/mol. The number of rotatable bonds is 31. The Morgan fingerprint density at radius 2 is 0.983 bits per heavy atom. The molecule has 1 atom stereocenters. The number of hydrogen-bond acceptors (Lipinski definition) is 7. The topological polar surface area (TPSA) is 80.3 Å². The molecule has 0 aliphatic heterocycles. The predicted molar refractivity (Wildman–Crippen MR) is 500 cm³/mol. The van der Waals surface area contributed by atoms with Gasteiger partial charge in [0.1, 0.15) is 29.0 Å². The molecule has 0 aliphatic rings. The Morgan fingerprint density at radius 3 is 1.41 bits per heavy atom. The highest BCUT2D eigenvalue weighted by molar-refractivity contribution is 6.31. The molecule has 1 unspecified atom stereocenters. The summed E-state index contributed by atoms with van der Waals surface area (Å²) in [7, 11) is 0. The summed E-state index contributed by atoms with van der Waals surface area (Å²) in [6, 6.07) is 50.2.